The van der Waals surface area contributed by atoms with E-state index in [1.165, 1.54) is 10.9 Å². The number of rotatable bonds is 1. The van der Waals surface area contributed by atoms with Crippen molar-refractivity contribution in [3.8, 4) is 0 Å². The molecular formula is C5H4BrClN2O. The van der Waals surface area contributed by atoms with Gasteiger partial charge in [0.15, 0.2) is 0 Å². The van der Waals surface area contributed by atoms with Gasteiger partial charge in [-0.2, -0.15) is 5.10 Å². The van der Waals surface area contributed by atoms with E-state index in [1.54, 1.807) is 6.20 Å². The van der Waals surface area contributed by atoms with Crippen molar-refractivity contribution in [2.75, 3.05) is 5.88 Å². The summed E-state index contributed by atoms with van der Waals surface area (Å²) in [6.07, 6.45) is 3.09. The van der Waals surface area contributed by atoms with Gasteiger partial charge < -0.3 is 0 Å². The lowest BCUT2D eigenvalue weighted by atomic mass is 10.7. The summed E-state index contributed by atoms with van der Waals surface area (Å²) in [5.74, 6) is -0.277. The van der Waals surface area contributed by atoms with Crippen LogP contribution in [0.5, 0.6) is 0 Å². The Morgan fingerprint density at radius 1 is 1.90 bits per heavy atom. The highest BCUT2D eigenvalue weighted by molar-refractivity contribution is 9.10. The van der Waals surface area contributed by atoms with Gasteiger partial charge in [0.1, 0.15) is 5.88 Å². The summed E-state index contributed by atoms with van der Waals surface area (Å²) in [6.45, 7) is 0. The first-order chi connectivity index (χ1) is 4.74. The fourth-order valence-corrected chi connectivity index (χ4v) is 0.906. The standard InChI is InChI=1S/C5H4BrClN2O/c6-4-2-8-9(3-4)5(10)1-7/h2-3H,1H2. The minimum absolute atomic E-state index is 0.0475. The maximum absolute atomic E-state index is 10.8. The molecule has 1 aromatic heterocycles. The predicted molar refractivity (Wildman–Crippen MR) is 41.3 cm³/mol. The van der Waals surface area contributed by atoms with Crippen molar-refractivity contribution < 1.29 is 4.79 Å². The van der Waals surface area contributed by atoms with Crippen LogP contribution in [-0.4, -0.2) is 21.6 Å². The maximum atomic E-state index is 10.8. The number of carbonyl (C=O) groups is 1. The summed E-state index contributed by atoms with van der Waals surface area (Å²) < 4.78 is 1.96. The third-order valence-electron chi connectivity index (χ3n) is 0.921. The van der Waals surface area contributed by atoms with Gasteiger partial charge in [-0.25, -0.2) is 4.68 Å². The number of hydrogen-bond donors (Lipinski definition) is 0. The molecule has 0 spiro atoms. The van der Waals surface area contributed by atoms with Gasteiger partial charge >= 0.3 is 0 Å². The molecule has 3 nitrogen and oxygen atoms in total. The van der Waals surface area contributed by atoms with E-state index in [4.69, 9.17) is 11.6 Å². The van der Waals surface area contributed by atoms with Crippen LogP contribution < -0.4 is 0 Å². The molecule has 5 heteroatoms. The van der Waals surface area contributed by atoms with Crippen molar-refractivity contribution in [1.82, 2.24) is 9.78 Å². The molecule has 1 rings (SSSR count). The average molecular weight is 223 g/mol. The van der Waals surface area contributed by atoms with E-state index in [1.807, 2.05) is 0 Å². The average Bonchev–Trinajstić information content (AvgIpc) is 2.34. The lowest BCUT2D eigenvalue weighted by molar-refractivity contribution is 0.0925. The van der Waals surface area contributed by atoms with Crippen molar-refractivity contribution in [2.24, 2.45) is 0 Å². The SMILES string of the molecule is O=C(CCl)n1cc(Br)cn1. The van der Waals surface area contributed by atoms with E-state index in [-0.39, 0.29) is 11.8 Å². The molecule has 1 heterocycles. The van der Waals surface area contributed by atoms with E-state index < -0.39 is 0 Å². The zero-order valence-electron chi connectivity index (χ0n) is 4.92. The monoisotopic (exact) mass is 222 g/mol. The van der Waals surface area contributed by atoms with Crippen LogP contribution in [0.3, 0.4) is 0 Å². The Bertz CT molecular complexity index is 248. The Kier molecular flexibility index (Phi) is 2.45. The van der Waals surface area contributed by atoms with Crippen LogP contribution >= 0.6 is 27.5 Å². The molecule has 0 atom stereocenters. The lowest BCUT2D eigenvalue weighted by Crippen LogP contribution is -2.11. The predicted octanol–water partition coefficient (Wildman–Crippen LogP) is 1.52. The molecule has 0 bridgehead atoms. The second-order valence-electron chi connectivity index (χ2n) is 1.63. The zero-order valence-corrected chi connectivity index (χ0v) is 7.26. The fourth-order valence-electron chi connectivity index (χ4n) is 0.498. The summed E-state index contributed by atoms with van der Waals surface area (Å²) in [6, 6.07) is 0. The molecule has 0 fully saturated rings. The van der Waals surface area contributed by atoms with Gasteiger partial charge in [0.25, 0.3) is 5.91 Å². The summed E-state index contributed by atoms with van der Waals surface area (Å²) in [4.78, 5) is 10.8. The third-order valence-corrected chi connectivity index (χ3v) is 1.56. The normalized spacial score (nSPS) is 9.80. The van der Waals surface area contributed by atoms with Crippen LogP contribution in [0.25, 0.3) is 0 Å². The molecule has 0 radical (unpaired) electrons. The number of carbonyl (C=O) groups excluding carboxylic acids is 1. The molecule has 0 aromatic carbocycles. The van der Waals surface area contributed by atoms with Gasteiger partial charge in [0.2, 0.25) is 0 Å². The van der Waals surface area contributed by atoms with Crippen molar-refractivity contribution in [2.45, 2.75) is 0 Å². The quantitative estimate of drug-likeness (QED) is 0.677. The summed E-state index contributed by atoms with van der Waals surface area (Å²) in [5, 5.41) is 3.72. The molecule has 54 valence electrons. The minimum Gasteiger partial charge on any atom is -0.271 e. The highest BCUT2D eigenvalue weighted by Gasteiger charge is 2.02. The van der Waals surface area contributed by atoms with Gasteiger partial charge in [-0.3, -0.25) is 4.79 Å². The molecule has 10 heavy (non-hydrogen) atoms. The highest BCUT2D eigenvalue weighted by atomic mass is 79.9. The van der Waals surface area contributed by atoms with Gasteiger partial charge in [-0.05, 0) is 15.9 Å². The highest BCUT2D eigenvalue weighted by Crippen LogP contribution is 2.05. The Balaban J connectivity index is 2.85. The topological polar surface area (TPSA) is 34.9 Å². The molecule has 0 unspecified atom stereocenters. The molecule has 1 aromatic rings. The maximum Gasteiger partial charge on any atom is 0.261 e. The lowest BCUT2D eigenvalue weighted by Gasteiger charge is -1.91. The van der Waals surface area contributed by atoms with Crippen molar-refractivity contribution >= 4 is 33.4 Å². The van der Waals surface area contributed by atoms with Crippen molar-refractivity contribution in [3.63, 3.8) is 0 Å². The zero-order chi connectivity index (χ0) is 7.56. The number of aromatic nitrogens is 2. The van der Waals surface area contributed by atoms with Crippen LogP contribution in [0.1, 0.15) is 4.79 Å². The first kappa shape index (κ1) is 7.75. The Morgan fingerprint density at radius 3 is 3.00 bits per heavy atom. The van der Waals surface area contributed by atoms with Gasteiger partial charge in [-0.15, -0.1) is 11.6 Å². The summed E-state index contributed by atoms with van der Waals surface area (Å²) >= 11 is 8.42. The minimum atomic E-state index is -0.229. The molecule has 0 N–H and O–H groups in total. The van der Waals surface area contributed by atoms with Crippen LogP contribution in [0.2, 0.25) is 0 Å². The number of nitrogens with zero attached hydrogens (tertiary/aromatic N) is 2. The van der Waals surface area contributed by atoms with E-state index in [9.17, 15) is 4.79 Å². The molecule has 0 saturated heterocycles. The molecule has 0 aliphatic rings. The second-order valence-corrected chi connectivity index (χ2v) is 2.81. The molecule has 0 aliphatic carbocycles. The first-order valence-electron chi connectivity index (χ1n) is 2.53. The fraction of sp³-hybridized carbons (Fsp3) is 0.200. The largest absolute Gasteiger partial charge is 0.271 e. The Hall–Kier alpha value is -0.350. The van der Waals surface area contributed by atoms with Crippen LogP contribution in [-0.2, 0) is 0 Å². The second kappa shape index (κ2) is 3.16. The molecule has 0 amide bonds. The van der Waals surface area contributed by atoms with Gasteiger partial charge in [-0.1, -0.05) is 0 Å². The van der Waals surface area contributed by atoms with E-state index in [0.29, 0.717) is 0 Å². The van der Waals surface area contributed by atoms with Crippen molar-refractivity contribution in [3.05, 3.63) is 16.9 Å². The number of alkyl halides is 1. The Labute approximate surface area is 71.1 Å². The van der Waals surface area contributed by atoms with E-state index in [2.05, 4.69) is 21.0 Å². The smallest absolute Gasteiger partial charge is 0.261 e. The van der Waals surface area contributed by atoms with Crippen molar-refractivity contribution in [1.29, 1.82) is 0 Å². The van der Waals surface area contributed by atoms with Gasteiger partial charge in [0, 0.05) is 6.20 Å². The summed E-state index contributed by atoms with van der Waals surface area (Å²) in [7, 11) is 0. The summed E-state index contributed by atoms with van der Waals surface area (Å²) in [5.41, 5.74) is 0. The van der Waals surface area contributed by atoms with E-state index >= 15 is 0 Å². The molecule has 0 saturated carbocycles. The number of halogens is 2. The third kappa shape index (κ3) is 1.58. The molecular weight excluding hydrogens is 219 g/mol. The van der Waals surface area contributed by atoms with Crippen LogP contribution in [0.4, 0.5) is 0 Å². The first-order valence-corrected chi connectivity index (χ1v) is 3.86. The number of hydrogen-bond acceptors (Lipinski definition) is 2. The van der Waals surface area contributed by atoms with Gasteiger partial charge in [0.05, 0.1) is 10.7 Å². The van der Waals surface area contributed by atoms with Crippen LogP contribution in [0, 0.1) is 0 Å². The Morgan fingerprint density at radius 2 is 2.60 bits per heavy atom. The molecule has 0 aliphatic heterocycles. The van der Waals surface area contributed by atoms with Crippen LogP contribution in [0.15, 0.2) is 16.9 Å². The van der Waals surface area contributed by atoms with E-state index in [0.717, 1.165) is 4.47 Å².